The van der Waals surface area contributed by atoms with E-state index in [1.54, 1.807) is 13.3 Å². The summed E-state index contributed by atoms with van der Waals surface area (Å²) in [6.45, 7) is 3.75. The van der Waals surface area contributed by atoms with E-state index in [2.05, 4.69) is 20.3 Å². The monoisotopic (exact) mass is 310 g/mol. The lowest BCUT2D eigenvalue weighted by Crippen LogP contribution is -1.90. The van der Waals surface area contributed by atoms with Crippen LogP contribution in [0.2, 0.25) is 0 Å². The summed E-state index contributed by atoms with van der Waals surface area (Å²) in [5, 5.41) is 22.9. The van der Waals surface area contributed by atoms with Crippen LogP contribution in [-0.4, -0.2) is 32.6 Å². The number of ether oxygens (including phenoxy) is 1. The van der Waals surface area contributed by atoms with Gasteiger partial charge in [-0.3, -0.25) is 0 Å². The molecule has 0 atom stereocenters. The number of hydrogen-bond donors (Lipinski definition) is 2. The Hall–Kier alpha value is -3.09. The van der Waals surface area contributed by atoms with Gasteiger partial charge in [-0.1, -0.05) is 5.16 Å². The van der Waals surface area contributed by atoms with Crippen LogP contribution < -0.4 is 4.74 Å². The minimum Gasteiger partial charge on any atom is -0.496 e. The average Bonchev–Trinajstić information content (AvgIpc) is 3.06. The number of aromatic hydroxyl groups is 1. The number of aryl methyl sites for hydroxylation is 2. The number of rotatable bonds is 2. The highest BCUT2D eigenvalue weighted by Gasteiger charge is 2.19. The third-order valence-corrected chi connectivity index (χ3v) is 4.01. The second-order valence-corrected chi connectivity index (χ2v) is 5.38. The summed E-state index contributed by atoms with van der Waals surface area (Å²) in [5.74, 6) is 1.28. The molecule has 0 unspecified atom stereocenters. The van der Waals surface area contributed by atoms with Crippen LogP contribution in [0.25, 0.3) is 32.9 Å². The second kappa shape index (κ2) is 4.70. The van der Waals surface area contributed by atoms with E-state index in [-0.39, 0.29) is 5.88 Å². The molecule has 7 heteroatoms. The SMILES string of the molecule is COc1cc2c(cc1-c1c(C)noc1C)[nH]c1cnnc(O)c12. The predicted octanol–water partition coefficient (Wildman–Crippen LogP) is 3.10. The number of fused-ring (bicyclic) bond motifs is 3. The Morgan fingerprint density at radius 2 is 2.04 bits per heavy atom. The molecule has 0 aliphatic rings. The zero-order valence-electron chi connectivity index (χ0n) is 12.8. The van der Waals surface area contributed by atoms with Crippen molar-refractivity contribution in [1.82, 2.24) is 20.3 Å². The van der Waals surface area contributed by atoms with Gasteiger partial charge in [-0.05, 0) is 26.0 Å². The molecule has 0 aliphatic heterocycles. The fraction of sp³-hybridized carbons (Fsp3) is 0.188. The minimum absolute atomic E-state index is 0.110. The molecule has 116 valence electrons. The smallest absolute Gasteiger partial charge is 0.241 e. The molecular weight excluding hydrogens is 296 g/mol. The maximum absolute atomic E-state index is 10.0. The first kappa shape index (κ1) is 13.6. The maximum atomic E-state index is 10.0. The first-order chi connectivity index (χ1) is 11.1. The van der Waals surface area contributed by atoms with E-state index in [4.69, 9.17) is 9.26 Å². The topological polar surface area (TPSA) is 97.1 Å². The summed E-state index contributed by atoms with van der Waals surface area (Å²) < 4.78 is 10.8. The Labute approximate surface area is 130 Å². The summed E-state index contributed by atoms with van der Waals surface area (Å²) >= 11 is 0. The van der Waals surface area contributed by atoms with E-state index < -0.39 is 0 Å². The number of nitrogens with zero attached hydrogens (tertiary/aromatic N) is 3. The van der Waals surface area contributed by atoms with E-state index in [9.17, 15) is 5.11 Å². The molecule has 0 spiro atoms. The van der Waals surface area contributed by atoms with Crippen molar-refractivity contribution in [3.05, 3.63) is 29.8 Å². The van der Waals surface area contributed by atoms with E-state index in [0.29, 0.717) is 16.7 Å². The molecule has 1 aromatic carbocycles. The van der Waals surface area contributed by atoms with Crippen molar-refractivity contribution >= 4 is 21.8 Å². The van der Waals surface area contributed by atoms with E-state index in [1.165, 1.54) is 0 Å². The normalized spacial score (nSPS) is 11.4. The first-order valence-corrected chi connectivity index (χ1v) is 7.07. The van der Waals surface area contributed by atoms with Crippen molar-refractivity contribution in [3.63, 3.8) is 0 Å². The quantitative estimate of drug-likeness (QED) is 0.590. The molecule has 0 bridgehead atoms. The Morgan fingerprint density at radius 1 is 1.22 bits per heavy atom. The van der Waals surface area contributed by atoms with Crippen LogP contribution in [-0.2, 0) is 0 Å². The van der Waals surface area contributed by atoms with Gasteiger partial charge in [0.1, 0.15) is 11.5 Å². The standard InChI is InChI=1S/C16H14N4O3/c1-7-14(8(2)23-20-7)10-4-11-9(5-13(10)22-3)15-12(18-11)6-17-19-16(15)21/h4-6,18H,1-3H3,(H,19,21). The number of nitrogens with one attached hydrogen (secondary N) is 1. The summed E-state index contributed by atoms with van der Waals surface area (Å²) in [7, 11) is 1.61. The Morgan fingerprint density at radius 3 is 2.74 bits per heavy atom. The average molecular weight is 310 g/mol. The molecule has 4 aromatic rings. The first-order valence-electron chi connectivity index (χ1n) is 7.07. The predicted molar refractivity (Wildman–Crippen MR) is 84.6 cm³/mol. The Bertz CT molecular complexity index is 1030. The highest BCUT2D eigenvalue weighted by atomic mass is 16.5. The van der Waals surface area contributed by atoms with Gasteiger partial charge in [-0.15, -0.1) is 5.10 Å². The largest absolute Gasteiger partial charge is 0.496 e. The number of aromatic amines is 1. The maximum Gasteiger partial charge on any atom is 0.241 e. The molecule has 0 fully saturated rings. The zero-order valence-corrected chi connectivity index (χ0v) is 12.8. The molecule has 0 saturated carbocycles. The van der Waals surface area contributed by atoms with Crippen molar-refractivity contribution in [3.8, 4) is 22.8 Å². The molecular formula is C16H14N4O3. The number of hydrogen-bond acceptors (Lipinski definition) is 6. The number of benzene rings is 1. The highest BCUT2D eigenvalue weighted by molar-refractivity contribution is 6.11. The number of methoxy groups -OCH3 is 1. The van der Waals surface area contributed by atoms with E-state index in [0.717, 1.165) is 33.5 Å². The summed E-state index contributed by atoms with van der Waals surface area (Å²) in [6, 6.07) is 3.83. The molecule has 0 radical (unpaired) electrons. The highest BCUT2D eigenvalue weighted by Crippen LogP contribution is 2.40. The van der Waals surface area contributed by atoms with Crippen LogP contribution in [0, 0.1) is 13.8 Å². The van der Waals surface area contributed by atoms with Gasteiger partial charge in [0.05, 0.1) is 35.5 Å². The third-order valence-electron chi connectivity index (χ3n) is 4.01. The molecule has 3 heterocycles. The Kier molecular flexibility index (Phi) is 2.77. The van der Waals surface area contributed by atoms with E-state index in [1.807, 2.05) is 26.0 Å². The van der Waals surface area contributed by atoms with Crippen molar-refractivity contribution in [2.24, 2.45) is 0 Å². The van der Waals surface area contributed by atoms with Crippen LogP contribution in [0.5, 0.6) is 11.6 Å². The second-order valence-electron chi connectivity index (χ2n) is 5.38. The molecule has 3 aromatic heterocycles. The fourth-order valence-corrected chi connectivity index (χ4v) is 3.00. The van der Waals surface area contributed by atoms with E-state index >= 15 is 0 Å². The van der Waals surface area contributed by atoms with Gasteiger partial charge in [0, 0.05) is 16.5 Å². The van der Waals surface area contributed by atoms with Crippen LogP contribution >= 0.6 is 0 Å². The minimum atomic E-state index is -0.110. The van der Waals surface area contributed by atoms with Crippen molar-refractivity contribution in [1.29, 1.82) is 0 Å². The van der Waals surface area contributed by atoms with Crippen LogP contribution in [0.15, 0.2) is 22.9 Å². The fourth-order valence-electron chi connectivity index (χ4n) is 3.00. The summed E-state index contributed by atoms with van der Waals surface area (Å²) in [4.78, 5) is 3.24. The molecule has 7 nitrogen and oxygen atoms in total. The van der Waals surface area contributed by atoms with Gasteiger partial charge in [0.15, 0.2) is 0 Å². The molecule has 2 N–H and O–H groups in total. The summed E-state index contributed by atoms with van der Waals surface area (Å²) in [6.07, 6.45) is 1.58. The molecule has 0 aliphatic carbocycles. The van der Waals surface area contributed by atoms with Gasteiger partial charge in [0.2, 0.25) is 5.88 Å². The Balaban J connectivity index is 2.11. The van der Waals surface area contributed by atoms with Crippen LogP contribution in [0.1, 0.15) is 11.5 Å². The van der Waals surface area contributed by atoms with Crippen LogP contribution in [0.3, 0.4) is 0 Å². The molecule has 0 saturated heterocycles. The lowest BCUT2D eigenvalue weighted by atomic mass is 10.0. The van der Waals surface area contributed by atoms with Crippen LogP contribution in [0.4, 0.5) is 0 Å². The van der Waals surface area contributed by atoms with Gasteiger partial charge in [-0.2, -0.15) is 5.10 Å². The lowest BCUT2D eigenvalue weighted by Gasteiger charge is -2.09. The van der Waals surface area contributed by atoms with Gasteiger partial charge in [-0.25, -0.2) is 0 Å². The van der Waals surface area contributed by atoms with Gasteiger partial charge in [0.25, 0.3) is 0 Å². The molecule has 23 heavy (non-hydrogen) atoms. The van der Waals surface area contributed by atoms with Gasteiger partial charge >= 0.3 is 0 Å². The van der Waals surface area contributed by atoms with Crippen molar-refractivity contribution in [2.45, 2.75) is 13.8 Å². The zero-order chi connectivity index (χ0) is 16.1. The van der Waals surface area contributed by atoms with Crippen molar-refractivity contribution < 1.29 is 14.4 Å². The van der Waals surface area contributed by atoms with Gasteiger partial charge < -0.3 is 19.4 Å². The number of H-pyrrole nitrogens is 1. The molecule has 0 amide bonds. The third kappa shape index (κ3) is 1.86. The molecule has 4 rings (SSSR count). The lowest BCUT2D eigenvalue weighted by molar-refractivity contribution is 0.393. The summed E-state index contributed by atoms with van der Waals surface area (Å²) in [5.41, 5.74) is 4.14. The number of aromatic nitrogens is 4. The van der Waals surface area contributed by atoms with Crippen molar-refractivity contribution in [2.75, 3.05) is 7.11 Å².